The number of nitrogens with zero attached hydrogens (tertiary/aromatic N) is 4. The Bertz CT molecular complexity index is 1170. The maximum atomic E-state index is 12.8. The third kappa shape index (κ3) is 2.97. The van der Waals surface area contributed by atoms with Gasteiger partial charge >= 0.3 is 0 Å². The number of imidazole rings is 1. The van der Waals surface area contributed by atoms with Gasteiger partial charge in [-0.2, -0.15) is 0 Å². The van der Waals surface area contributed by atoms with E-state index >= 15 is 0 Å². The van der Waals surface area contributed by atoms with Crippen LogP contribution in [0, 0.1) is 0 Å². The number of para-hydroxylation sites is 1. The lowest BCUT2D eigenvalue weighted by molar-refractivity contribution is 0.0933. The highest BCUT2D eigenvalue weighted by Crippen LogP contribution is 2.17. The number of hydrogen-bond donors (Lipinski definition) is 1. The van der Waals surface area contributed by atoms with Crippen LogP contribution >= 0.6 is 0 Å². The zero-order valence-corrected chi connectivity index (χ0v) is 15.1. The number of pyridine rings is 1. The molecule has 1 atom stereocenters. The van der Waals surface area contributed by atoms with Crippen LogP contribution in [0.5, 0.6) is 0 Å². The molecule has 0 bridgehead atoms. The first kappa shape index (κ1) is 17.0. The van der Waals surface area contributed by atoms with Crippen molar-refractivity contribution < 1.29 is 4.79 Å². The number of carbonyl (C=O) groups excluding carboxylic acids is 1. The molecule has 0 unspecified atom stereocenters. The Labute approximate surface area is 155 Å². The fourth-order valence-electron chi connectivity index (χ4n) is 3.22. The lowest BCUT2D eigenvalue weighted by Crippen LogP contribution is -2.34. The minimum Gasteiger partial charge on any atom is -0.343 e. The van der Waals surface area contributed by atoms with Gasteiger partial charge in [0.25, 0.3) is 11.5 Å². The number of aryl methyl sites for hydroxylation is 1. The number of aromatic nitrogens is 4. The van der Waals surface area contributed by atoms with Gasteiger partial charge in [-0.3, -0.25) is 14.0 Å². The summed E-state index contributed by atoms with van der Waals surface area (Å²) < 4.78 is 3.30. The molecule has 0 aliphatic rings. The highest BCUT2D eigenvalue weighted by atomic mass is 16.2. The van der Waals surface area contributed by atoms with Crippen molar-refractivity contribution in [1.29, 1.82) is 0 Å². The van der Waals surface area contributed by atoms with Crippen molar-refractivity contribution in [1.82, 2.24) is 24.3 Å². The van der Waals surface area contributed by atoms with Crippen LogP contribution in [-0.2, 0) is 7.05 Å². The fourth-order valence-corrected chi connectivity index (χ4v) is 3.22. The second-order valence-corrected chi connectivity index (χ2v) is 6.41. The third-order valence-electron chi connectivity index (χ3n) is 4.70. The Morgan fingerprint density at radius 2 is 2.07 bits per heavy atom. The van der Waals surface area contributed by atoms with Gasteiger partial charge < -0.3 is 9.88 Å². The standard InChI is InChI=1S/C20H19N5O2/c1-3-15(16-12-25-10-6-9-21-20(25)23-16)22-18(26)14-11-13-7-4-5-8-17(13)24(2)19(14)27/h4-12,15H,3H2,1-2H3,(H,22,26)/t15-/m1/s1. The number of hydrogen-bond acceptors (Lipinski definition) is 4. The molecule has 0 radical (unpaired) electrons. The van der Waals surface area contributed by atoms with Crippen molar-refractivity contribution >= 4 is 22.6 Å². The van der Waals surface area contributed by atoms with Gasteiger partial charge in [0.1, 0.15) is 5.56 Å². The van der Waals surface area contributed by atoms with Gasteiger partial charge in [0.2, 0.25) is 5.78 Å². The van der Waals surface area contributed by atoms with Crippen LogP contribution in [-0.4, -0.2) is 24.8 Å². The molecule has 3 aromatic heterocycles. The second kappa shape index (κ2) is 6.68. The first-order valence-corrected chi connectivity index (χ1v) is 8.77. The van der Waals surface area contributed by atoms with E-state index in [4.69, 9.17) is 0 Å². The van der Waals surface area contributed by atoms with Crippen molar-refractivity contribution in [2.45, 2.75) is 19.4 Å². The van der Waals surface area contributed by atoms with Crippen molar-refractivity contribution in [3.63, 3.8) is 0 Å². The lowest BCUT2D eigenvalue weighted by Gasteiger charge is -2.15. The minimum absolute atomic E-state index is 0.122. The van der Waals surface area contributed by atoms with Crippen molar-refractivity contribution in [2.24, 2.45) is 7.05 Å². The monoisotopic (exact) mass is 361 g/mol. The number of benzene rings is 1. The van der Waals surface area contributed by atoms with E-state index in [0.717, 1.165) is 10.9 Å². The zero-order chi connectivity index (χ0) is 19.0. The molecule has 1 amide bonds. The van der Waals surface area contributed by atoms with Crippen molar-refractivity contribution in [2.75, 3.05) is 0 Å². The molecule has 0 fully saturated rings. The zero-order valence-electron chi connectivity index (χ0n) is 15.1. The number of fused-ring (bicyclic) bond motifs is 2. The van der Waals surface area contributed by atoms with Crippen LogP contribution in [0.2, 0.25) is 0 Å². The van der Waals surface area contributed by atoms with E-state index < -0.39 is 5.91 Å². The van der Waals surface area contributed by atoms with Gasteiger partial charge in [0.05, 0.1) is 17.3 Å². The molecule has 1 N–H and O–H groups in total. The van der Waals surface area contributed by atoms with E-state index in [2.05, 4.69) is 15.3 Å². The van der Waals surface area contributed by atoms with E-state index in [0.29, 0.717) is 17.9 Å². The van der Waals surface area contributed by atoms with E-state index in [-0.39, 0.29) is 17.2 Å². The van der Waals surface area contributed by atoms with E-state index in [1.807, 2.05) is 49.6 Å². The predicted molar refractivity (Wildman–Crippen MR) is 103 cm³/mol. The Balaban J connectivity index is 1.69. The number of nitrogens with one attached hydrogen (secondary N) is 1. The van der Waals surface area contributed by atoms with Gasteiger partial charge in [0.15, 0.2) is 0 Å². The molecule has 3 heterocycles. The van der Waals surface area contributed by atoms with E-state index in [9.17, 15) is 9.59 Å². The SMILES string of the molecule is CC[C@@H](NC(=O)c1cc2ccccc2n(C)c1=O)c1cn2cccnc2n1. The summed E-state index contributed by atoms with van der Waals surface area (Å²) in [5.41, 5.74) is 1.30. The number of rotatable bonds is 4. The van der Waals surface area contributed by atoms with Crippen LogP contribution in [0.4, 0.5) is 0 Å². The quantitative estimate of drug-likeness (QED) is 0.605. The molecule has 136 valence electrons. The highest BCUT2D eigenvalue weighted by molar-refractivity contribution is 5.97. The van der Waals surface area contributed by atoms with Crippen LogP contribution in [0.1, 0.15) is 35.4 Å². The third-order valence-corrected chi connectivity index (χ3v) is 4.70. The Morgan fingerprint density at radius 1 is 1.26 bits per heavy atom. The summed E-state index contributed by atoms with van der Waals surface area (Å²) in [6, 6.07) is 10.6. The number of amides is 1. The molecule has 0 spiro atoms. The van der Waals surface area contributed by atoms with Crippen molar-refractivity contribution in [3.05, 3.63) is 76.6 Å². The van der Waals surface area contributed by atoms with Gasteiger partial charge in [-0.25, -0.2) is 9.97 Å². The molecule has 7 heteroatoms. The maximum absolute atomic E-state index is 12.8. The molecule has 27 heavy (non-hydrogen) atoms. The van der Waals surface area contributed by atoms with Gasteiger partial charge in [-0.1, -0.05) is 25.1 Å². The molecule has 0 aliphatic carbocycles. The minimum atomic E-state index is -0.404. The normalized spacial score (nSPS) is 12.4. The average Bonchev–Trinajstić information content (AvgIpc) is 3.12. The fraction of sp³-hybridized carbons (Fsp3) is 0.200. The van der Waals surface area contributed by atoms with Gasteiger partial charge in [0, 0.05) is 25.6 Å². The molecular formula is C20H19N5O2. The summed E-state index contributed by atoms with van der Waals surface area (Å²) in [4.78, 5) is 34.2. The van der Waals surface area contributed by atoms with E-state index in [1.54, 1.807) is 23.7 Å². The Hall–Kier alpha value is -3.48. The molecule has 0 saturated heterocycles. The van der Waals surface area contributed by atoms with Crippen LogP contribution in [0.15, 0.2) is 59.8 Å². The van der Waals surface area contributed by atoms with Crippen LogP contribution < -0.4 is 10.9 Å². The highest BCUT2D eigenvalue weighted by Gasteiger charge is 2.20. The first-order valence-electron chi connectivity index (χ1n) is 8.77. The summed E-state index contributed by atoms with van der Waals surface area (Å²) in [5.74, 6) is 0.167. The molecule has 0 saturated carbocycles. The lowest BCUT2D eigenvalue weighted by atomic mass is 10.1. The summed E-state index contributed by atoms with van der Waals surface area (Å²) in [6.45, 7) is 1.96. The largest absolute Gasteiger partial charge is 0.343 e. The Kier molecular flexibility index (Phi) is 4.19. The molecule has 0 aliphatic heterocycles. The topological polar surface area (TPSA) is 81.3 Å². The second-order valence-electron chi connectivity index (χ2n) is 6.41. The van der Waals surface area contributed by atoms with Gasteiger partial charge in [-0.05, 0) is 30.0 Å². The molecule has 4 aromatic rings. The Morgan fingerprint density at radius 3 is 2.85 bits per heavy atom. The summed E-state index contributed by atoms with van der Waals surface area (Å²) in [7, 11) is 1.67. The smallest absolute Gasteiger partial charge is 0.263 e. The van der Waals surface area contributed by atoms with Crippen molar-refractivity contribution in [3.8, 4) is 0 Å². The molecular weight excluding hydrogens is 342 g/mol. The average molecular weight is 361 g/mol. The summed E-state index contributed by atoms with van der Waals surface area (Å²) in [6.07, 6.45) is 6.01. The molecule has 7 nitrogen and oxygen atoms in total. The molecule has 1 aromatic carbocycles. The predicted octanol–water partition coefficient (Wildman–Crippen LogP) is 2.46. The summed E-state index contributed by atoms with van der Waals surface area (Å²) in [5, 5.41) is 3.78. The molecule has 4 rings (SSSR count). The van der Waals surface area contributed by atoms with Crippen LogP contribution in [0.25, 0.3) is 16.7 Å². The number of carbonyl (C=O) groups is 1. The van der Waals surface area contributed by atoms with Crippen LogP contribution in [0.3, 0.4) is 0 Å². The van der Waals surface area contributed by atoms with Gasteiger partial charge in [-0.15, -0.1) is 0 Å². The first-order chi connectivity index (χ1) is 13.1. The summed E-state index contributed by atoms with van der Waals surface area (Å²) >= 11 is 0. The maximum Gasteiger partial charge on any atom is 0.263 e. The van der Waals surface area contributed by atoms with E-state index in [1.165, 1.54) is 4.57 Å².